The fraction of sp³-hybridized carbons (Fsp3) is 0.267. The van der Waals surface area contributed by atoms with Gasteiger partial charge in [0.1, 0.15) is 6.54 Å². The van der Waals surface area contributed by atoms with Gasteiger partial charge in [0.2, 0.25) is 0 Å². The minimum atomic E-state index is -0.270. The largest absolute Gasteiger partial charge is 0.504 e. The lowest BCUT2D eigenvalue weighted by Crippen LogP contribution is -2.24. The van der Waals surface area contributed by atoms with E-state index in [9.17, 15) is 9.90 Å². The van der Waals surface area contributed by atoms with Crippen molar-refractivity contribution in [1.29, 1.82) is 0 Å². The van der Waals surface area contributed by atoms with Gasteiger partial charge in [0.25, 0.3) is 5.91 Å². The molecule has 0 aliphatic rings. The first-order chi connectivity index (χ1) is 10.5. The predicted molar refractivity (Wildman–Crippen MR) is 82.1 cm³/mol. The zero-order valence-corrected chi connectivity index (χ0v) is 12.7. The van der Waals surface area contributed by atoms with Crippen molar-refractivity contribution in [1.82, 2.24) is 15.2 Å². The smallest absolute Gasteiger partial charge is 0.261 e. The van der Waals surface area contributed by atoms with E-state index in [0.29, 0.717) is 11.3 Å². The molecule has 0 aliphatic carbocycles. The van der Waals surface area contributed by atoms with Gasteiger partial charge in [-0.15, -0.1) is 0 Å². The monoisotopic (exact) mass is 302 g/mol. The molecule has 0 aliphatic heterocycles. The average Bonchev–Trinajstić information content (AvgIpc) is 2.78. The number of phenols is 1. The average molecular weight is 302 g/mol. The highest BCUT2D eigenvalue weighted by atomic mass is 16.5. The van der Waals surface area contributed by atoms with Crippen LogP contribution in [0.2, 0.25) is 0 Å². The summed E-state index contributed by atoms with van der Waals surface area (Å²) < 4.78 is 6.61. The van der Waals surface area contributed by atoms with Crippen LogP contribution in [0.5, 0.6) is 11.5 Å². The number of hydrogen-bond donors (Lipinski definition) is 2. The molecule has 0 saturated carbocycles. The van der Waals surface area contributed by atoms with Crippen molar-refractivity contribution in [3.8, 4) is 11.5 Å². The Balaban J connectivity index is 1.94. The summed E-state index contributed by atoms with van der Waals surface area (Å²) in [5, 5.41) is 17.6. The van der Waals surface area contributed by atoms with Crippen molar-refractivity contribution in [2.24, 2.45) is 5.10 Å². The highest BCUT2D eigenvalue weighted by molar-refractivity contribution is 5.83. The second-order valence-electron chi connectivity index (χ2n) is 4.81. The van der Waals surface area contributed by atoms with Gasteiger partial charge >= 0.3 is 0 Å². The number of aryl methyl sites for hydroxylation is 2. The number of hydrazone groups is 1. The summed E-state index contributed by atoms with van der Waals surface area (Å²) >= 11 is 0. The van der Waals surface area contributed by atoms with Gasteiger partial charge in [0, 0.05) is 5.69 Å². The maximum absolute atomic E-state index is 11.8. The van der Waals surface area contributed by atoms with E-state index in [1.165, 1.54) is 19.4 Å². The Labute approximate surface area is 128 Å². The maximum atomic E-state index is 11.8. The maximum Gasteiger partial charge on any atom is 0.261 e. The van der Waals surface area contributed by atoms with Crippen LogP contribution in [0.25, 0.3) is 0 Å². The number of carbonyl (C=O) groups excluding carboxylic acids is 1. The molecule has 0 spiro atoms. The van der Waals surface area contributed by atoms with Crippen molar-refractivity contribution in [2.75, 3.05) is 7.11 Å². The lowest BCUT2D eigenvalue weighted by Gasteiger charge is -2.04. The number of aromatic nitrogens is 2. The second kappa shape index (κ2) is 6.75. The second-order valence-corrected chi connectivity index (χ2v) is 4.81. The summed E-state index contributed by atoms with van der Waals surface area (Å²) in [4.78, 5) is 11.8. The Hall–Kier alpha value is -2.83. The van der Waals surface area contributed by atoms with Crippen LogP contribution < -0.4 is 10.2 Å². The molecule has 2 N–H and O–H groups in total. The molecule has 2 aromatic rings. The molecule has 1 aromatic heterocycles. The molecule has 0 bridgehead atoms. The van der Waals surface area contributed by atoms with Gasteiger partial charge in [-0.3, -0.25) is 9.48 Å². The quantitative estimate of drug-likeness (QED) is 0.645. The van der Waals surface area contributed by atoms with Crippen molar-refractivity contribution in [3.05, 3.63) is 41.2 Å². The molecule has 7 nitrogen and oxygen atoms in total. The number of carbonyl (C=O) groups is 1. The molecule has 22 heavy (non-hydrogen) atoms. The molecule has 0 atom stereocenters. The molecule has 0 unspecified atom stereocenters. The van der Waals surface area contributed by atoms with Crippen molar-refractivity contribution in [2.45, 2.75) is 20.4 Å². The van der Waals surface area contributed by atoms with Crippen LogP contribution in [0.15, 0.2) is 29.4 Å². The van der Waals surface area contributed by atoms with E-state index in [2.05, 4.69) is 15.6 Å². The number of benzene rings is 1. The summed E-state index contributed by atoms with van der Waals surface area (Å²) in [6.07, 6.45) is 1.47. The first kappa shape index (κ1) is 15.6. The minimum Gasteiger partial charge on any atom is -0.504 e. The van der Waals surface area contributed by atoms with E-state index < -0.39 is 0 Å². The third-order valence-corrected chi connectivity index (χ3v) is 3.00. The summed E-state index contributed by atoms with van der Waals surface area (Å²) in [7, 11) is 1.46. The first-order valence-corrected chi connectivity index (χ1v) is 6.69. The number of aromatic hydroxyl groups is 1. The molecular weight excluding hydrogens is 284 g/mol. The van der Waals surface area contributed by atoms with Crippen LogP contribution in [-0.4, -0.2) is 34.1 Å². The predicted octanol–water partition coefficient (Wildman–Crippen LogP) is 1.36. The highest BCUT2D eigenvalue weighted by Gasteiger charge is 2.06. The van der Waals surface area contributed by atoms with Gasteiger partial charge in [0.15, 0.2) is 11.5 Å². The summed E-state index contributed by atoms with van der Waals surface area (Å²) in [6.45, 7) is 3.87. The zero-order valence-electron chi connectivity index (χ0n) is 12.7. The van der Waals surface area contributed by atoms with Gasteiger partial charge in [0.05, 0.1) is 19.0 Å². The van der Waals surface area contributed by atoms with Gasteiger partial charge in [-0.1, -0.05) is 0 Å². The van der Waals surface area contributed by atoms with Crippen LogP contribution in [-0.2, 0) is 11.3 Å². The van der Waals surface area contributed by atoms with Gasteiger partial charge in [-0.05, 0) is 43.7 Å². The summed E-state index contributed by atoms with van der Waals surface area (Å²) in [6, 6.07) is 6.68. The fourth-order valence-corrected chi connectivity index (χ4v) is 1.96. The van der Waals surface area contributed by atoms with E-state index in [1.54, 1.807) is 16.8 Å². The van der Waals surface area contributed by atoms with Crippen molar-refractivity contribution >= 4 is 12.1 Å². The Morgan fingerprint density at radius 2 is 2.23 bits per heavy atom. The third-order valence-electron chi connectivity index (χ3n) is 3.00. The number of amides is 1. The number of hydrogen-bond acceptors (Lipinski definition) is 5. The Bertz CT molecular complexity index is 707. The van der Waals surface area contributed by atoms with Gasteiger partial charge < -0.3 is 9.84 Å². The molecule has 0 saturated heterocycles. The number of rotatable bonds is 5. The van der Waals surface area contributed by atoms with E-state index in [4.69, 9.17) is 4.74 Å². The number of nitrogens with zero attached hydrogens (tertiary/aromatic N) is 3. The SMILES string of the molecule is COc1cc(/C=N/NC(=O)Cn2nc(C)cc2C)ccc1O. The van der Waals surface area contributed by atoms with Crippen LogP contribution >= 0.6 is 0 Å². The van der Waals surface area contributed by atoms with Crippen molar-refractivity contribution < 1.29 is 14.6 Å². The highest BCUT2D eigenvalue weighted by Crippen LogP contribution is 2.25. The summed E-state index contributed by atoms with van der Waals surface area (Å²) in [5.74, 6) is 0.124. The molecule has 2 rings (SSSR count). The van der Waals surface area contributed by atoms with Crippen LogP contribution in [0.4, 0.5) is 0 Å². The van der Waals surface area contributed by atoms with Crippen LogP contribution in [0, 0.1) is 13.8 Å². The van der Waals surface area contributed by atoms with Crippen LogP contribution in [0.1, 0.15) is 17.0 Å². The fourth-order valence-electron chi connectivity index (χ4n) is 1.96. The van der Waals surface area contributed by atoms with Crippen molar-refractivity contribution in [3.63, 3.8) is 0 Å². The Kier molecular flexibility index (Phi) is 4.77. The normalized spacial score (nSPS) is 10.9. The van der Waals surface area contributed by atoms with Gasteiger partial charge in [-0.25, -0.2) is 5.43 Å². The van der Waals surface area contributed by atoms with Crippen LogP contribution in [0.3, 0.4) is 0 Å². The Morgan fingerprint density at radius 1 is 1.45 bits per heavy atom. The van der Waals surface area contributed by atoms with E-state index in [0.717, 1.165) is 11.4 Å². The van der Waals surface area contributed by atoms with E-state index >= 15 is 0 Å². The summed E-state index contributed by atoms with van der Waals surface area (Å²) in [5.41, 5.74) is 4.91. The molecule has 1 heterocycles. The third kappa shape index (κ3) is 3.85. The standard InChI is InChI=1S/C15H18N4O3/c1-10-6-11(2)19(18-10)9-15(21)17-16-8-12-4-5-13(20)14(7-12)22-3/h4-8,20H,9H2,1-3H3,(H,17,21)/b16-8+. The number of nitrogens with one attached hydrogen (secondary N) is 1. The topological polar surface area (TPSA) is 88.7 Å². The zero-order chi connectivity index (χ0) is 16.1. The molecule has 7 heteroatoms. The molecule has 1 amide bonds. The van der Waals surface area contributed by atoms with E-state index in [1.807, 2.05) is 19.9 Å². The molecule has 0 radical (unpaired) electrons. The Morgan fingerprint density at radius 3 is 2.86 bits per heavy atom. The minimum absolute atomic E-state index is 0.0493. The number of methoxy groups -OCH3 is 1. The molecule has 0 fully saturated rings. The lowest BCUT2D eigenvalue weighted by atomic mass is 10.2. The molecular formula is C15H18N4O3. The first-order valence-electron chi connectivity index (χ1n) is 6.69. The molecule has 116 valence electrons. The number of ether oxygens (including phenoxy) is 1. The van der Waals surface area contributed by atoms with Gasteiger partial charge in [-0.2, -0.15) is 10.2 Å². The lowest BCUT2D eigenvalue weighted by molar-refractivity contribution is -0.121. The number of phenolic OH excluding ortho intramolecular Hbond substituents is 1. The molecule has 1 aromatic carbocycles. The van der Waals surface area contributed by atoms with E-state index in [-0.39, 0.29) is 18.2 Å².